The number of halogens is 1. The van der Waals surface area contributed by atoms with Crippen molar-refractivity contribution in [3.8, 4) is 0 Å². The summed E-state index contributed by atoms with van der Waals surface area (Å²) in [6, 6.07) is 10.3. The van der Waals surface area contributed by atoms with E-state index in [4.69, 9.17) is 4.74 Å². The molecule has 1 aliphatic rings. The number of morpholine rings is 1. The van der Waals surface area contributed by atoms with Crippen LogP contribution >= 0.6 is 0 Å². The second-order valence-corrected chi connectivity index (χ2v) is 9.96. The van der Waals surface area contributed by atoms with Gasteiger partial charge in [0.1, 0.15) is 16.8 Å². The third-order valence-corrected chi connectivity index (χ3v) is 6.74. The molecule has 0 bridgehead atoms. The molecule has 1 heterocycles. The average molecular weight is 493 g/mol. The second kappa shape index (κ2) is 11.5. The standard InChI is InChI=1S/C23H29FN4O5S/c1-16(2)22(27-34(31,32)20-6-4-3-5-19(20)24)23(30)26-18-9-7-17(8-10-18)25-21(29)15-28-11-13-33-14-12-28/h3-10,16,22,27H,11-15H2,1-2H3,(H,25,29)(H,26,30)/t22-/m1/s1. The molecule has 11 heteroatoms. The number of carbonyl (C=O) groups is 2. The van der Waals surface area contributed by atoms with Crippen molar-refractivity contribution < 1.29 is 27.1 Å². The Kier molecular flexibility index (Phi) is 8.72. The lowest BCUT2D eigenvalue weighted by atomic mass is 10.0. The molecule has 0 spiro atoms. The van der Waals surface area contributed by atoms with Gasteiger partial charge in [-0.2, -0.15) is 4.72 Å². The molecule has 0 unspecified atom stereocenters. The Morgan fingerprint density at radius 2 is 1.59 bits per heavy atom. The van der Waals surface area contributed by atoms with Gasteiger partial charge in [0, 0.05) is 24.5 Å². The van der Waals surface area contributed by atoms with Crippen LogP contribution in [-0.4, -0.2) is 64.0 Å². The largest absolute Gasteiger partial charge is 0.379 e. The highest BCUT2D eigenvalue weighted by atomic mass is 32.2. The van der Waals surface area contributed by atoms with Gasteiger partial charge in [0.25, 0.3) is 0 Å². The van der Waals surface area contributed by atoms with Crippen LogP contribution < -0.4 is 15.4 Å². The first-order chi connectivity index (χ1) is 16.2. The smallest absolute Gasteiger partial charge is 0.244 e. The molecule has 0 radical (unpaired) electrons. The van der Waals surface area contributed by atoms with Crippen LogP contribution in [0.25, 0.3) is 0 Å². The van der Waals surface area contributed by atoms with Crippen molar-refractivity contribution in [1.29, 1.82) is 0 Å². The highest BCUT2D eigenvalue weighted by molar-refractivity contribution is 7.89. The van der Waals surface area contributed by atoms with E-state index in [9.17, 15) is 22.4 Å². The molecule has 1 fully saturated rings. The molecule has 1 saturated heterocycles. The Morgan fingerprint density at radius 1 is 1.00 bits per heavy atom. The fraction of sp³-hybridized carbons (Fsp3) is 0.391. The molecular weight excluding hydrogens is 463 g/mol. The summed E-state index contributed by atoms with van der Waals surface area (Å²) < 4.78 is 46.8. The summed E-state index contributed by atoms with van der Waals surface area (Å²) in [5, 5.41) is 5.47. The van der Waals surface area contributed by atoms with Crippen molar-refractivity contribution in [1.82, 2.24) is 9.62 Å². The van der Waals surface area contributed by atoms with Crippen molar-refractivity contribution in [2.45, 2.75) is 24.8 Å². The van der Waals surface area contributed by atoms with Gasteiger partial charge in [0.2, 0.25) is 21.8 Å². The molecule has 3 rings (SSSR count). The minimum atomic E-state index is -4.25. The van der Waals surface area contributed by atoms with E-state index < -0.39 is 38.6 Å². The molecule has 184 valence electrons. The SMILES string of the molecule is CC(C)[C@@H](NS(=O)(=O)c1ccccc1F)C(=O)Nc1ccc(NC(=O)CN2CCOCC2)cc1. The van der Waals surface area contributed by atoms with E-state index in [2.05, 4.69) is 15.4 Å². The molecule has 2 aromatic rings. The van der Waals surface area contributed by atoms with Crippen LogP contribution in [-0.2, 0) is 24.3 Å². The molecule has 9 nitrogen and oxygen atoms in total. The zero-order valence-electron chi connectivity index (χ0n) is 19.1. The van der Waals surface area contributed by atoms with Gasteiger partial charge in [-0.15, -0.1) is 0 Å². The van der Waals surface area contributed by atoms with Crippen LogP contribution in [0.4, 0.5) is 15.8 Å². The second-order valence-electron chi connectivity index (χ2n) is 8.28. The van der Waals surface area contributed by atoms with Gasteiger partial charge in [-0.05, 0) is 42.3 Å². The number of benzene rings is 2. The first-order valence-corrected chi connectivity index (χ1v) is 12.4. The molecule has 2 amide bonds. The van der Waals surface area contributed by atoms with Gasteiger partial charge < -0.3 is 15.4 Å². The maximum atomic E-state index is 14.0. The molecule has 3 N–H and O–H groups in total. The Balaban J connectivity index is 1.60. The number of rotatable bonds is 9. The number of nitrogens with one attached hydrogen (secondary N) is 3. The van der Waals surface area contributed by atoms with Gasteiger partial charge >= 0.3 is 0 Å². The lowest BCUT2D eigenvalue weighted by molar-refractivity contribution is -0.119. The maximum absolute atomic E-state index is 14.0. The normalized spacial score (nSPS) is 15.6. The van der Waals surface area contributed by atoms with Crippen molar-refractivity contribution in [3.05, 3.63) is 54.3 Å². The third kappa shape index (κ3) is 7.07. The van der Waals surface area contributed by atoms with E-state index in [1.807, 2.05) is 4.90 Å². The number of nitrogens with zero attached hydrogens (tertiary/aromatic N) is 1. The van der Waals surface area contributed by atoms with Gasteiger partial charge in [-0.1, -0.05) is 26.0 Å². The minimum absolute atomic E-state index is 0.152. The van der Waals surface area contributed by atoms with E-state index >= 15 is 0 Å². The molecule has 2 aromatic carbocycles. The predicted octanol–water partition coefficient (Wildman–Crippen LogP) is 2.04. The van der Waals surface area contributed by atoms with Crippen LogP contribution in [0.5, 0.6) is 0 Å². The van der Waals surface area contributed by atoms with Crippen molar-refractivity contribution in [3.63, 3.8) is 0 Å². The predicted molar refractivity (Wildman–Crippen MR) is 126 cm³/mol. The Morgan fingerprint density at radius 3 is 2.18 bits per heavy atom. The van der Waals surface area contributed by atoms with Crippen molar-refractivity contribution >= 4 is 33.2 Å². The molecular formula is C23H29FN4O5S. The van der Waals surface area contributed by atoms with Crippen LogP contribution in [0.2, 0.25) is 0 Å². The van der Waals surface area contributed by atoms with E-state index in [0.717, 1.165) is 12.1 Å². The van der Waals surface area contributed by atoms with E-state index in [-0.39, 0.29) is 12.5 Å². The lowest BCUT2D eigenvalue weighted by Gasteiger charge is -2.25. The first kappa shape index (κ1) is 25.8. The summed E-state index contributed by atoms with van der Waals surface area (Å²) in [6.07, 6.45) is 0. The number of hydrogen-bond acceptors (Lipinski definition) is 6. The zero-order valence-corrected chi connectivity index (χ0v) is 19.9. The number of hydrogen-bond donors (Lipinski definition) is 3. The topological polar surface area (TPSA) is 117 Å². The van der Waals surface area contributed by atoms with Crippen LogP contribution in [0.1, 0.15) is 13.8 Å². The zero-order chi connectivity index (χ0) is 24.7. The highest BCUT2D eigenvalue weighted by Gasteiger charge is 2.30. The third-order valence-electron chi connectivity index (χ3n) is 5.26. The quantitative estimate of drug-likeness (QED) is 0.493. The number of anilines is 2. The summed E-state index contributed by atoms with van der Waals surface area (Å²) >= 11 is 0. The average Bonchev–Trinajstić information content (AvgIpc) is 2.79. The minimum Gasteiger partial charge on any atom is -0.379 e. The van der Waals surface area contributed by atoms with Crippen LogP contribution in [0, 0.1) is 11.7 Å². The maximum Gasteiger partial charge on any atom is 0.244 e. The monoisotopic (exact) mass is 492 g/mol. The van der Waals surface area contributed by atoms with Crippen molar-refractivity contribution in [2.75, 3.05) is 43.5 Å². The van der Waals surface area contributed by atoms with Crippen molar-refractivity contribution in [2.24, 2.45) is 5.92 Å². The molecule has 1 atom stereocenters. The fourth-order valence-electron chi connectivity index (χ4n) is 3.41. The summed E-state index contributed by atoms with van der Waals surface area (Å²) in [5.74, 6) is -2.04. The first-order valence-electron chi connectivity index (χ1n) is 10.9. The summed E-state index contributed by atoms with van der Waals surface area (Å²) in [7, 11) is -4.25. The number of sulfonamides is 1. The number of ether oxygens (including phenoxy) is 1. The van der Waals surface area contributed by atoms with E-state index in [0.29, 0.717) is 37.7 Å². The molecule has 34 heavy (non-hydrogen) atoms. The van der Waals surface area contributed by atoms with Gasteiger partial charge in [-0.25, -0.2) is 12.8 Å². The van der Waals surface area contributed by atoms with Gasteiger partial charge in [0.05, 0.1) is 19.8 Å². The summed E-state index contributed by atoms with van der Waals surface area (Å²) in [4.78, 5) is 26.5. The Labute approximate surface area is 198 Å². The van der Waals surface area contributed by atoms with E-state index in [1.165, 1.54) is 12.1 Å². The Hall–Kier alpha value is -2.86. The lowest BCUT2D eigenvalue weighted by Crippen LogP contribution is -2.47. The molecule has 1 aliphatic heterocycles. The molecule has 0 saturated carbocycles. The Bertz CT molecular complexity index is 1100. The van der Waals surface area contributed by atoms with Crippen LogP contribution in [0.15, 0.2) is 53.4 Å². The summed E-state index contributed by atoms with van der Waals surface area (Å²) in [5.41, 5.74) is 0.990. The van der Waals surface area contributed by atoms with Gasteiger partial charge in [-0.3, -0.25) is 14.5 Å². The highest BCUT2D eigenvalue weighted by Crippen LogP contribution is 2.18. The van der Waals surface area contributed by atoms with Gasteiger partial charge in [0.15, 0.2) is 0 Å². The summed E-state index contributed by atoms with van der Waals surface area (Å²) in [6.45, 7) is 6.25. The van der Waals surface area contributed by atoms with E-state index in [1.54, 1.807) is 38.1 Å². The number of carbonyl (C=O) groups excluding carboxylic acids is 2. The number of amides is 2. The molecule has 0 aromatic heterocycles. The fourth-order valence-corrected chi connectivity index (χ4v) is 4.83. The molecule has 0 aliphatic carbocycles. The van der Waals surface area contributed by atoms with Crippen LogP contribution in [0.3, 0.4) is 0 Å².